The highest BCUT2D eigenvalue weighted by atomic mass is 16.5. The summed E-state index contributed by atoms with van der Waals surface area (Å²) in [4.78, 5) is 39.0. The molecule has 6 nitrogen and oxygen atoms in total. The summed E-state index contributed by atoms with van der Waals surface area (Å²) in [5.41, 5.74) is 0.564. The Kier molecular flexibility index (Phi) is 3.37. The molecule has 0 spiro atoms. The number of benzene rings is 1. The van der Waals surface area contributed by atoms with Crippen LogP contribution in [0.5, 0.6) is 5.75 Å². The Morgan fingerprint density at radius 1 is 1.04 bits per heavy atom. The van der Waals surface area contributed by atoms with E-state index in [1.165, 1.54) is 12.0 Å². The highest BCUT2D eigenvalue weighted by molar-refractivity contribution is 6.22. The quantitative estimate of drug-likeness (QED) is 0.622. The molecule has 2 bridgehead atoms. The molecule has 2 amide bonds. The number of fused-ring (bicyclic) bond motifs is 5. The van der Waals surface area contributed by atoms with Gasteiger partial charge in [-0.25, -0.2) is 0 Å². The van der Waals surface area contributed by atoms with Crippen LogP contribution in [0.15, 0.2) is 24.3 Å². The number of ether oxygens (including phenoxy) is 2. The first-order chi connectivity index (χ1) is 11.6. The number of carbonyl (C=O) groups is 3. The van der Waals surface area contributed by atoms with Gasteiger partial charge in [-0.1, -0.05) is 0 Å². The number of hydrogen-bond acceptors (Lipinski definition) is 5. The van der Waals surface area contributed by atoms with Crippen molar-refractivity contribution in [3.63, 3.8) is 0 Å². The Morgan fingerprint density at radius 2 is 1.71 bits per heavy atom. The molecule has 0 aromatic heterocycles. The van der Waals surface area contributed by atoms with E-state index in [1.54, 1.807) is 31.4 Å². The monoisotopic (exact) mass is 329 g/mol. The molecule has 0 N–H and O–H groups in total. The topological polar surface area (TPSA) is 72.9 Å². The Labute approximate surface area is 139 Å². The lowest BCUT2D eigenvalue weighted by Crippen LogP contribution is -2.35. The molecule has 2 saturated carbocycles. The first kappa shape index (κ1) is 15.2. The second-order valence-electron chi connectivity index (χ2n) is 6.79. The van der Waals surface area contributed by atoms with Crippen molar-refractivity contribution < 1.29 is 23.9 Å². The lowest BCUT2D eigenvalue weighted by Gasteiger charge is -2.26. The van der Waals surface area contributed by atoms with Gasteiger partial charge < -0.3 is 9.47 Å². The molecule has 1 heterocycles. The highest BCUT2D eigenvalue weighted by Gasteiger charge is 2.65. The second kappa shape index (κ2) is 5.33. The second-order valence-corrected chi connectivity index (χ2v) is 6.79. The normalized spacial score (nSPS) is 33.8. The number of imide groups is 1. The fourth-order valence-electron chi connectivity index (χ4n) is 4.87. The SMILES string of the molecule is COC(=O)C1CC2CC1C1C(=O)N(c3ccc(OC)cc3)C(=O)C21. The third kappa shape index (κ3) is 1.92. The van der Waals surface area contributed by atoms with E-state index >= 15 is 0 Å². The van der Waals surface area contributed by atoms with Gasteiger partial charge in [0.2, 0.25) is 11.8 Å². The van der Waals surface area contributed by atoms with Crippen molar-refractivity contribution >= 4 is 23.5 Å². The number of rotatable bonds is 3. The number of hydrogen-bond donors (Lipinski definition) is 0. The number of esters is 1. The van der Waals surface area contributed by atoms with Crippen molar-refractivity contribution in [3.8, 4) is 5.75 Å². The molecule has 1 aliphatic heterocycles. The van der Waals surface area contributed by atoms with E-state index in [0.717, 1.165) is 6.42 Å². The summed E-state index contributed by atoms with van der Waals surface area (Å²) in [5, 5.41) is 0. The van der Waals surface area contributed by atoms with Crippen LogP contribution < -0.4 is 9.64 Å². The Bertz CT molecular complexity index is 713. The predicted octanol–water partition coefficient (Wildman–Crippen LogP) is 1.63. The van der Waals surface area contributed by atoms with Crippen molar-refractivity contribution in [1.82, 2.24) is 0 Å². The first-order valence-electron chi connectivity index (χ1n) is 8.16. The maximum absolute atomic E-state index is 12.9. The summed E-state index contributed by atoms with van der Waals surface area (Å²) in [7, 11) is 2.94. The molecular weight excluding hydrogens is 310 g/mol. The molecule has 6 heteroatoms. The molecule has 3 fully saturated rings. The molecule has 2 aliphatic carbocycles. The summed E-state index contributed by atoms with van der Waals surface area (Å²) < 4.78 is 9.99. The molecule has 5 unspecified atom stereocenters. The van der Waals surface area contributed by atoms with Gasteiger partial charge in [0, 0.05) is 0 Å². The van der Waals surface area contributed by atoms with Crippen LogP contribution in [0.2, 0.25) is 0 Å². The smallest absolute Gasteiger partial charge is 0.308 e. The summed E-state index contributed by atoms with van der Waals surface area (Å²) >= 11 is 0. The van der Waals surface area contributed by atoms with Gasteiger partial charge in [0.15, 0.2) is 0 Å². The molecule has 126 valence electrons. The fourth-order valence-corrected chi connectivity index (χ4v) is 4.87. The maximum atomic E-state index is 12.9. The lowest BCUT2D eigenvalue weighted by atomic mass is 9.75. The summed E-state index contributed by atoms with van der Waals surface area (Å²) in [6.07, 6.45) is 1.41. The number of nitrogens with zero attached hydrogens (tertiary/aromatic N) is 1. The number of methoxy groups -OCH3 is 2. The van der Waals surface area contributed by atoms with Crippen molar-refractivity contribution in [2.45, 2.75) is 12.8 Å². The Hall–Kier alpha value is -2.37. The van der Waals surface area contributed by atoms with Crippen LogP contribution in [0, 0.1) is 29.6 Å². The first-order valence-corrected chi connectivity index (χ1v) is 8.16. The average Bonchev–Trinajstić information content (AvgIpc) is 3.26. The maximum Gasteiger partial charge on any atom is 0.308 e. The minimum atomic E-state index is -0.387. The zero-order valence-corrected chi connectivity index (χ0v) is 13.6. The molecule has 0 radical (unpaired) electrons. The van der Waals surface area contributed by atoms with Gasteiger partial charge in [-0.2, -0.15) is 0 Å². The van der Waals surface area contributed by atoms with Crippen LogP contribution in [0.25, 0.3) is 0 Å². The van der Waals surface area contributed by atoms with E-state index < -0.39 is 0 Å². The molecular formula is C18H19NO5. The summed E-state index contributed by atoms with van der Waals surface area (Å²) in [5.74, 6) is -0.812. The molecule has 1 saturated heterocycles. The van der Waals surface area contributed by atoms with Gasteiger partial charge in [-0.05, 0) is 48.9 Å². The molecule has 3 aliphatic rings. The number of carbonyl (C=O) groups excluding carboxylic acids is 3. The predicted molar refractivity (Wildman–Crippen MR) is 84.2 cm³/mol. The van der Waals surface area contributed by atoms with Crippen LogP contribution in [-0.2, 0) is 19.1 Å². The van der Waals surface area contributed by atoms with Crippen LogP contribution in [0.4, 0.5) is 5.69 Å². The van der Waals surface area contributed by atoms with Crippen LogP contribution in [0.3, 0.4) is 0 Å². The van der Waals surface area contributed by atoms with E-state index in [-0.39, 0.29) is 47.4 Å². The minimum absolute atomic E-state index is 0.0767. The number of anilines is 1. The zero-order chi connectivity index (χ0) is 17.0. The van der Waals surface area contributed by atoms with E-state index in [2.05, 4.69) is 0 Å². The third-order valence-electron chi connectivity index (χ3n) is 5.85. The molecule has 1 aromatic rings. The van der Waals surface area contributed by atoms with Crippen molar-refractivity contribution in [3.05, 3.63) is 24.3 Å². The highest BCUT2D eigenvalue weighted by Crippen LogP contribution is 2.59. The minimum Gasteiger partial charge on any atom is -0.497 e. The van der Waals surface area contributed by atoms with E-state index in [0.29, 0.717) is 17.9 Å². The average molecular weight is 329 g/mol. The van der Waals surface area contributed by atoms with Crippen molar-refractivity contribution in [2.24, 2.45) is 29.6 Å². The van der Waals surface area contributed by atoms with Crippen molar-refractivity contribution in [2.75, 3.05) is 19.1 Å². The van der Waals surface area contributed by atoms with Crippen LogP contribution >= 0.6 is 0 Å². The van der Waals surface area contributed by atoms with Crippen LogP contribution in [0.1, 0.15) is 12.8 Å². The molecule has 1 aromatic carbocycles. The zero-order valence-electron chi connectivity index (χ0n) is 13.6. The third-order valence-corrected chi connectivity index (χ3v) is 5.85. The van der Waals surface area contributed by atoms with Gasteiger partial charge in [0.25, 0.3) is 0 Å². The summed E-state index contributed by atoms with van der Waals surface area (Å²) in [6.45, 7) is 0. The van der Waals surface area contributed by atoms with E-state index in [9.17, 15) is 14.4 Å². The lowest BCUT2D eigenvalue weighted by molar-refractivity contribution is -0.149. The van der Waals surface area contributed by atoms with E-state index in [4.69, 9.17) is 9.47 Å². The van der Waals surface area contributed by atoms with Gasteiger partial charge >= 0.3 is 5.97 Å². The van der Waals surface area contributed by atoms with Gasteiger partial charge in [0.05, 0.1) is 37.7 Å². The van der Waals surface area contributed by atoms with Crippen molar-refractivity contribution in [1.29, 1.82) is 0 Å². The molecule has 24 heavy (non-hydrogen) atoms. The number of amides is 2. The Morgan fingerprint density at radius 3 is 2.33 bits per heavy atom. The Balaban J connectivity index is 1.64. The molecule has 4 rings (SSSR count). The van der Waals surface area contributed by atoms with Gasteiger partial charge in [-0.15, -0.1) is 0 Å². The van der Waals surface area contributed by atoms with Crippen LogP contribution in [-0.4, -0.2) is 32.0 Å². The fraction of sp³-hybridized carbons (Fsp3) is 0.500. The van der Waals surface area contributed by atoms with Gasteiger partial charge in [-0.3, -0.25) is 19.3 Å². The largest absolute Gasteiger partial charge is 0.497 e. The summed E-state index contributed by atoms with van der Waals surface area (Å²) in [6, 6.07) is 6.90. The molecule has 5 atom stereocenters. The standard InChI is InChI=1S/C18H19NO5/c1-23-11-5-3-10(4-6-11)19-16(20)14-9-7-12(15(14)17(19)21)13(8-9)18(22)24-2/h3-6,9,12-15H,7-8H2,1-2H3. The van der Waals surface area contributed by atoms with Gasteiger partial charge in [0.1, 0.15) is 5.75 Å². The van der Waals surface area contributed by atoms with E-state index in [1.807, 2.05) is 0 Å².